The largest absolute Gasteiger partial charge is 0.349 e. The summed E-state index contributed by atoms with van der Waals surface area (Å²) < 4.78 is 24.9. The van der Waals surface area contributed by atoms with E-state index in [9.17, 15) is 8.42 Å². The third-order valence-corrected chi connectivity index (χ3v) is 5.01. The molecule has 1 heterocycles. The van der Waals surface area contributed by atoms with E-state index in [1.165, 1.54) is 0 Å². The van der Waals surface area contributed by atoms with E-state index in [0.29, 0.717) is 23.1 Å². The zero-order valence-corrected chi connectivity index (χ0v) is 16.7. The highest BCUT2D eigenvalue weighted by atomic mass is 35.5. The lowest BCUT2D eigenvalue weighted by Gasteiger charge is -2.06. The number of benzene rings is 2. The molecule has 10 heteroatoms. The van der Waals surface area contributed by atoms with Crippen molar-refractivity contribution >= 4 is 45.1 Å². The summed E-state index contributed by atoms with van der Waals surface area (Å²) in [5.74, 6) is 0.333. The van der Waals surface area contributed by atoms with Crippen LogP contribution < -0.4 is 10.6 Å². The van der Waals surface area contributed by atoms with Gasteiger partial charge in [0, 0.05) is 23.1 Å². The molecule has 2 aromatic carbocycles. The smallest absolute Gasteiger partial charge is 0.254 e. The van der Waals surface area contributed by atoms with Crippen LogP contribution in [0.15, 0.2) is 48.5 Å². The van der Waals surface area contributed by atoms with Crippen LogP contribution in [0.5, 0.6) is 0 Å². The summed E-state index contributed by atoms with van der Waals surface area (Å²) >= 11 is 11.7. The van der Waals surface area contributed by atoms with Gasteiger partial charge in [-0.2, -0.15) is 4.98 Å². The van der Waals surface area contributed by atoms with Crippen LogP contribution in [0.4, 0.5) is 11.9 Å². The second-order valence-corrected chi connectivity index (χ2v) is 8.51. The molecule has 1 aromatic heterocycles. The van der Waals surface area contributed by atoms with E-state index in [4.69, 9.17) is 23.2 Å². The first kappa shape index (κ1) is 19.5. The molecule has 2 N–H and O–H groups in total. The Morgan fingerprint density at radius 1 is 0.889 bits per heavy atom. The van der Waals surface area contributed by atoms with Crippen LogP contribution in [-0.4, -0.2) is 28.8 Å². The monoisotopic (exact) mass is 425 g/mol. The maximum Gasteiger partial charge on any atom is 0.254 e. The van der Waals surface area contributed by atoms with E-state index < -0.39 is 10.0 Å². The zero-order chi connectivity index (χ0) is 19.4. The average molecular weight is 426 g/mol. The van der Waals surface area contributed by atoms with Crippen LogP contribution in [-0.2, 0) is 23.1 Å². The van der Waals surface area contributed by atoms with Crippen molar-refractivity contribution in [2.24, 2.45) is 0 Å². The highest BCUT2D eigenvalue weighted by Crippen LogP contribution is 2.16. The quantitative estimate of drug-likeness (QED) is 0.600. The summed E-state index contributed by atoms with van der Waals surface area (Å²) in [6.07, 6.45) is 1.07. The van der Waals surface area contributed by atoms with E-state index in [1.54, 1.807) is 24.3 Å². The second kappa shape index (κ2) is 8.16. The summed E-state index contributed by atoms with van der Waals surface area (Å²) in [6.45, 7) is 0.809. The third kappa shape index (κ3) is 5.35. The predicted molar refractivity (Wildman–Crippen MR) is 108 cm³/mol. The first-order valence-corrected chi connectivity index (χ1v) is 10.6. The Morgan fingerprint density at radius 3 is 1.85 bits per heavy atom. The summed E-state index contributed by atoms with van der Waals surface area (Å²) in [6, 6.07) is 14.5. The van der Waals surface area contributed by atoms with Gasteiger partial charge in [-0.15, -0.1) is 9.19 Å². The molecule has 0 saturated carbocycles. The number of hydrogen-bond donors (Lipinski definition) is 2. The van der Waals surface area contributed by atoms with Gasteiger partial charge >= 0.3 is 0 Å². The maximum absolute atomic E-state index is 12.0. The Labute approximate surface area is 167 Å². The van der Waals surface area contributed by atoms with Crippen molar-refractivity contribution in [3.63, 3.8) is 0 Å². The molecule has 0 spiro atoms. The van der Waals surface area contributed by atoms with Crippen molar-refractivity contribution in [2.45, 2.75) is 13.1 Å². The number of nitrogens with zero attached hydrogens (tertiary/aromatic N) is 3. The predicted octanol–water partition coefficient (Wildman–Crippen LogP) is 3.62. The highest BCUT2D eigenvalue weighted by Gasteiger charge is 2.17. The first-order chi connectivity index (χ1) is 12.8. The van der Waals surface area contributed by atoms with Crippen LogP contribution in [0.3, 0.4) is 0 Å². The van der Waals surface area contributed by atoms with E-state index in [2.05, 4.69) is 20.7 Å². The summed E-state index contributed by atoms with van der Waals surface area (Å²) in [5, 5.41) is 11.3. The molecule has 0 unspecified atom stereocenters. The lowest BCUT2D eigenvalue weighted by molar-refractivity contribution is 0.587. The van der Waals surface area contributed by atoms with Gasteiger partial charge in [0.2, 0.25) is 11.9 Å². The molecule has 0 fully saturated rings. The minimum Gasteiger partial charge on any atom is -0.349 e. The van der Waals surface area contributed by atoms with Crippen LogP contribution in [0.2, 0.25) is 10.0 Å². The van der Waals surface area contributed by atoms with Gasteiger partial charge in [-0.3, -0.25) is 0 Å². The van der Waals surface area contributed by atoms with E-state index in [0.717, 1.165) is 21.5 Å². The van der Waals surface area contributed by atoms with Gasteiger partial charge in [-0.25, -0.2) is 8.42 Å². The summed E-state index contributed by atoms with van der Waals surface area (Å²) in [4.78, 5) is 4.24. The molecule has 0 radical (unpaired) electrons. The fourth-order valence-electron chi connectivity index (χ4n) is 2.28. The van der Waals surface area contributed by atoms with Gasteiger partial charge in [-0.05, 0) is 35.4 Å². The van der Waals surface area contributed by atoms with Crippen LogP contribution in [0.1, 0.15) is 11.1 Å². The van der Waals surface area contributed by atoms with Gasteiger partial charge < -0.3 is 10.6 Å². The molecule has 0 amide bonds. The van der Waals surface area contributed by atoms with Gasteiger partial charge in [0.15, 0.2) is 0 Å². The molecule has 0 saturated heterocycles. The van der Waals surface area contributed by atoms with Crippen molar-refractivity contribution in [3.8, 4) is 0 Å². The van der Waals surface area contributed by atoms with Crippen molar-refractivity contribution in [3.05, 3.63) is 69.7 Å². The molecule has 0 atom stereocenters. The lowest BCUT2D eigenvalue weighted by Crippen LogP contribution is -2.16. The number of aromatic nitrogens is 3. The van der Waals surface area contributed by atoms with E-state index in [-0.39, 0.29) is 11.9 Å². The molecule has 3 rings (SSSR count). The molecule has 27 heavy (non-hydrogen) atoms. The summed E-state index contributed by atoms with van der Waals surface area (Å²) in [7, 11) is -3.61. The first-order valence-electron chi connectivity index (χ1n) is 7.95. The Balaban J connectivity index is 1.74. The number of anilines is 2. The number of rotatable bonds is 7. The normalized spacial score (nSPS) is 11.4. The summed E-state index contributed by atoms with van der Waals surface area (Å²) in [5.41, 5.74) is 1.89. The molecule has 142 valence electrons. The van der Waals surface area contributed by atoms with Gasteiger partial charge in [0.25, 0.3) is 10.0 Å². The SMILES string of the molecule is CS(=O)(=O)n1nc(NCc2ccc(Cl)cc2)nc1NCc1ccc(Cl)cc1. The minimum atomic E-state index is -3.61. The standard InChI is InChI=1S/C17H17Cl2N5O2S/c1-27(25,26)24-17(21-11-13-4-8-15(19)9-5-13)22-16(23-24)20-10-12-2-6-14(18)7-3-12/h2-9H,10-11H2,1H3,(H2,20,21,22,23). The Bertz CT molecular complexity index is 1020. The molecule has 0 bridgehead atoms. The fraction of sp³-hybridized carbons (Fsp3) is 0.176. The third-order valence-electron chi connectivity index (χ3n) is 3.62. The minimum absolute atomic E-state index is 0.131. The van der Waals surface area contributed by atoms with E-state index >= 15 is 0 Å². The van der Waals surface area contributed by atoms with Crippen molar-refractivity contribution < 1.29 is 8.42 Å². The number of halogens is 2. The molecular formula is C17H17Cl2N5O2S. The lowest BCUT2D eigenvalue weighted by atomic mass is 10.2. The van der Waals surface area contributed by atoms with Crippen LogP contribution >= 0.6 is 23.2 Å². The Morgan fingerprint density at radius 2 is 1.37 bits per heavy atom. The van der Waals surface area contributed by atoms with Crippen molar-refractivity contribution in [1.29, 1.82) is 0 Å². The topological polar surface area (TPSA) is 88.9 Å². The highest BCUT2D eigenvalue weighted by molar-refractivity contribution is 7.89. The van der Waals surface area contributed by atoms with Gasteiger partial charge in [0.1, 0.15) is 0 Å². The zero-order valence-electron chi connectivity index (χ0n) is 14.4. The van der Waals surface area contributed by atoms with E-state index in [1.807, 2.05) is 24.3 Å². The second-order valence-electron chi connectivity index (χ2n) is 5.83. The molecule has 7 nitrogen and oxygen atoms in total. The van der Waals surface area contributed by atoms with Crippen LogP contribution in [0.25, 0.3) is 0 Å². The number of nitrogens with one attached hydrogen (secondary N) is 2. The molecule has 0 aliphatic rings. The molecule has 0 aliphatic heterocycles. The van der Waals surface area contributed by atoms with Crippen molar-refractivity contribution in [1.82, 2.24) is 14.2 Å². The maximum atomic E-state index is 12.0. The van der Waals surface area contributed by atoms with Gasteiger partial charge in [-0.1, -0.05) is 47.5 Å². The molecule has 0 aliphatic carbocycles. The molecular weight excluding hydrogens is 409 g/mol. The Kier molecular flexibility index (Phi) is 5.88. The molecule has 3 aromatic rings. The average Bonchev–Trinajstić information content (AvgIpc) is 3.04. The van der Waals surface area contributed by atoms with Crippen LogP contribution in [0, 0.1) is 0 Å². The van der Waals surface area contributed by atoms with Gasteiger partial charge in [0.05, 0.1) is 6.26 Å². The van der Waals surface area contributed by atoms with Crippen molar-refractivity contribution in [2.75, 3.05) is 16.9 Å². The number of hydrogen-bond acceptors (Lipinski definition) is 6. The fourth-order valence-corrected chi connectivity index (χ4v) is 3.18. The Hall–Kier alpha value is -2.29.